The minimum Gasteiger partial charge on any atom is -0.465 e. The van der Waals surface area contributed by atoms with Crippen LogP contribution in [0.25, 0.3) is 0 Å². The third-order valence-electron chi connectivity index (χ3n) is 5.35. The summed E-state index contributed by atoms with van der Waals surface area (Å²) >= 11 is 3.99. The summed E-state index contributed by atoms with van der Waals surface area (Å²) in [7, 11) is 1.31. The topological polar surface area (TPSA) is 105 Å². The first-order valence-corrected chi connectivity index (χ1v) is 13.4. The van der Waals surface area contributed by atoms with Gasteiger partial charge in [-0.15, -0.1) is 34.4 Å². The Bertz CT molecular complexity index is 1270. The van der Waals surface area contributed by atoms with Crippen molar-refractivity contribution in [3.8, 4) is 0 Å². The molecule has 11 heteroatoms. The molecule has 3 aromatic rings. The number of hydrogen-bond acceptors (Lipinski definition) is 8. The fraction of sp³-hybridized carbons (Fsp3) is 0.250. The van der Waals surface area contributed by atoms with Crippen LogP contribution in [0, 0.1) is 0 Å². The van der Waals surface area contributed by atoms with Gasteiger partial charge >= 0.3 is 5.97 Å². The van der Waals surface area contributed by atoms with Crippen LogP contribution in [-0.2, 0) is 27.3 Å². The molecule has 8 nitrogen and oxygen atoms in total. The van der Waals surface area contributed by atoms with Crippen LogP contribution in [0.4, 0.5) is 10.7 Å². The van der Waals surface area contributed by atoms with E-state index in [0.29, 0.717) is 40.6 Å². The summed E-state index contributed by atoms with van der Waals surface area (Å²) in [6.07, 6.45) is 0.532. The van der Waals surface area contributed by atoms with Gasteiger partial charge in [-0.3, -0.25) is 14.4 Å². The van der Waals surface area contributed by atoms with Gasteiger partial charge in [0.15, 0.2) is 0 Å². The molecule has 182 valence electrons. The average Bonchev–Trinajstić information content (AvgIpc) is 3.50. The molecular formula is C24H23N3O5S3. The van der Waals surface area contributed by atoms with Crippen molar-refractivity contribution in [3.63, 3.8) is 0 Å². The highest BCUT2D eigenvalue weighted by Crippen LogP contribution is 2.38. The highest BCUT2D eigenvalue weighted by molar-refractivity contribution is 8.00. The molecule has 0 bridgehead atoms. The number of ether oxygens (including phenoxy) is 1. The summed E-state index contributed by atoms with van der Waals surface area (Å²) in [5.74, 6) is -0.865. The molecule has 0 saturated carbocycles. The number of esters is 1. The van der Waals surface area contributed by atoms with Gasteiger partial charge in [-0.25, -0.2) is 4.79 Å². The van der Waals surface area contributed by atoms with Crippen LogP contribution in [0.3, 0.4) is 0 Å². The smallest absolute Gasteiger partial charge is 0.341 e. The molecule has 4 rings (SSSR count). The zero-order chi connectivity index (χ0) is 24.9. The molecule has 1 aromatic carbocycles. The first-order chi connectivity index (χ1) is 16.9. The number of rotatable bonds is 7. The molecule has 2 aromatic heterocycles. The Hall–Kier alpha value is -3.15. The summed E-state index contributed by atoms with van der Waals surface area (Å²) in [6, 6.07) is 10.8. The van der Waals surface area contributed by atoms with Crippen molar-refractivity contribution in [1.29, 1.82) is 0 Å². The molecule has 1 aliphatic heterocycles. The van der Waals surface area contributed by atoms with Crippen molar-refractivity contribution in [1.82, 2.24) is 4.90 Å². The first-order valence-electron chi connectivity index (χ1n) is 10.7. The van der Waals surface area contributed by atoms with Gasteiger partial charge in [0.05, 0.1) is 29.8 Å². The second-order valence-electron chi connectivity index (χ2n) is 7.69. The molecule has 0 radical (unpaired) electrons. The molecule has 0 unspecified atom stereocenters. The number of thioether (sulfide) groups is 1. The quantitative estimate of drug-likeness (QED) is 0.345. The molecule has 0 fully saturated rings. The van der Waals surface area contributed by atoms with E-state index in [2.05, 4.69) is 10.6 Å². The van der Waals surface area contributed by atoms with Crippen LogP contribution in [-0.4, -0.2) is 48.0 Å². The number of methoxy groups -OCH3 is 1. The lowest BCUT2D eigenvalue weighted by molar-refractivity contribution is -0.129. The SMILES string of the molecule is COC(=O)c1c(NC(=O)CSc2cccc(NC(=O)c3cccs3)c2)sc2c1CCN(C(C)=O)C2. The number of fused-ring (bicyclic) bond motifs is 1. The molecule has 0 saturated heterocycles. The number of amides is 3. The molecule has 3 heterocycles. The number of nitrogens with zero attached hydrogens (tertiary/aromatic N) is 1. The van der Waals surface area contributed by atoms with E-state index < -0.39 is 5.97 Å². The lowest BCUT2D eigenvalue weighted by Crippen LogP contribution is -2.33. The molecule has 0 spiro atoms. The van der Waals surface area contributed by atoms with Crippen LogP contribution in [0.15, 0.2) is 46.7 Å². The molecule has 0 atom stereocenters. The number of benzene rings is 1. The van der Waals surface area contributed by atoms with E-state index >= 15 is 0 Å². The third-order valence-corrected chi connectivity index (χ3v) is 8.35. The summed E-state index contributed by atoms with van der Waals surface area (Å²) < 4.78 is 4.96. The van der Waals surface area contributed by atoms with Crippen LogP contribution < -0.4 is 10.6 Å². The number of thiophene rings is 2. The van der Waals surface area contributed by atoms with Gasteiger partial charge in [-0.2, -0.15) is 0 Å². The Kier molecular flexibility index (Phi) is 7.89. The van der Waals surface area contributed by atoms with Gasteiger partial charge in [-0.1, -0.05) is 12.1 Å². The van der Waals surface area contributed by atoms with E-state index in [1.165, 1.54) is 48.5 Å². The van der Waals surface area contributed by atoms with E-state index in [4.69, 9.17) is 4.74 Å². The van der Waals surface area contributed by atoms with Gasteiger partial charge in [0, 0.05) is 28.9 Å². The van der Waals surface area contributed by atoms with Crippen molar-refractivity contribution < 1.29 is 23.9 Å². The van der Waals surface area contributed by atoms with Gasteiger partial charge in [0.2, 0.25) is 11.8 Å². The average molecular weight is 530 g/mol. The van der Waals surface area contributed by atoms with E-state index in [1.54, 1.807) is 17.0 Å². The Morgan fingerprint density at radius 3 is 2.69 bits per heavy atom. The normalized spacial score (nSPS) is 12.6. The fourth-order valence-electron chi connectivity index (χ4n) is 3.65. The summed E-state index contributed by atoms with van der Waals surface area (Å²) in [5, 5.41) is 7.99. The number of hydrogen-bond donors (Lipinski definition) is 2. The van der Waals surface area contributed by atoms with E-state index in [1.807, 2.05) is 29.6 Å². The monoisotopic (exact) mass is 529 g/mol. The lowest BCUT2D eigenvalue weighted by Gasteiger charge is -2.25. The number of carbonyl (C=O) groups is 4. The van der Waals surface area contributed by atoms with Crippen LogP contribution in [0.5, 0.6) is 0 Å². The van der Waals surface area contributed by atoms with Gasteiger partial charge < -0.3 is 20.3 Å². The molecule has 2 N–H and O–H groups in total. The molecular weight excluding hydrogens is 506 g/mol. The zero-order valence-corrected chi connectivity index (χ0v) is 21.5. The standard InChI is InChI=1S/C24H23N3O5S3/c1-14(28)27-9-8-17-19(12-27)35-23(21(17)24(31)32-2)26-20(29)13-34-16-6-3-5-15(11-16)25-22(30)18-7-4-10-33-18/h3-7,10-11H,8-9,12-13H2,1-2H3,(H,25,30)(H,26,29). The second kappa shape index (κ2) is 11.1. The summed E-state index contributed by atoms with van der Waals surface area (Å²) in [4.78, 5) is 53.3. The number of anilines is 2. The van der Waals surface area contributed by atoms with Crippen LogP contribution in [0.1, 0.15) is 37.4 Å². The predicted molar refractivity (Wildman–Crippen MR) is 139 cm³/mol. The number of nitrogens with one attached hydrogen (secondary N) is 2. The molecule has 0 aliphatic carbocycles. The maximum absolute atomic E-state index is 12.7. The van der Waals surface area contributed by atoms with Gasteiger partial charge in [0.1, 0.15) is 5.00 Å². The lowest BCUT2D eigenvalue weighted by atomic mass is 10.0. The van der Waals surface area contributed by atoms with Crippen molar-refractivity contribution in [2.24, 2.45) is 0 Å². The summed E-state index contributed by atoms with van der Waals surface area (Å²) in [5.41, 5.74) is 1.84. The first kappa shape index (κ1) is 25.0. The van der Waals surface area contributed by atoms with Crippen molar-refractivity contribution >= 4 is 68.8 Å². The van der Waals surface area contributed by atoms with E-state index in [0.717, 1.165) is 15.3 Å². The fourth-order valence-corrected chi connectivity index (χ4v) is 6.30. The highest BCUT2D eigenvalue weighted by atomic mass is 32.2. The third kappa shape index (κ3) is 5.92. The largest absolute Gasteiger partial charge is 0.465 e. The molecule has 1 aliphatic rings. The van der Waals surface area contributed by atoms with Crippen molar-refractivity contribution in [2.75, 3.05) is 30.0 Å². The Morgan fingerprint density at radius 1 is 1.14 bits per heavy atom. The van der Waals surface area contributed by atoms with E-state index in [9.17, 15) is 19.2 Å². The minimum atomic E-state index is -0.504. The predicted octanol–water partition coefficient (Wildman–Crippen LogP) is 4.48. The van der Waals surface area contributed by atoms with Crippen molar-refractivity contribution in [3.05, 3.63) is 62.7 Å². The number of carbonyl (C=O) groups excluding carboxylic acids is 4. The maximum Gasteiger partial charge on any atom is 0.341 e. The minimum absolute atomic E-state index is 0.0283. The van der Waals surface area contributed by atoms with Crippen LogP contribution in [0.2, 0.25) is 0 Å². The van der Waals surface area contributed by atoms with Crippen LogP contribution >= 0.6 is 34.4 Å². The van der Waals surface area contributed by atoms with Crippen molar-refractivity contribution in [2.45, 2.75) is 24.8 Å². The Balaban J connectivity index is 1.41. The van der Waals surface area contributed by atoms with Gasteiger partial charge in [0.25, 0.3) is 5.91 Å². The zero-order valence-electron chi connectivity index (χ0n) is 19.1. The molecule has 35 heavy (non-hydrogen) atoms. The van der Waals surface area contributed by atoms with Gasteiger partial charge in [-0.05, 0) is 41.6 Å². The Morgan fingerprint density at radius 2 is 1.97 bits per heavy atom. The Labute approximate surface area is 214 Å². The summed E-state index contributed by atoms with van der Waals surface area (Å²) in [6.45, 7) is 2.45. The second-order valence-corrected chi connectivity index (χ2v) is 10.8. The maximum atomic E-state index is 12.7. The molecule has 3 amide bonds. The highest BCUT2D eigenvalue weighted by Gasteiger charge is 2.30. The van der Waals surface area contributed by atoms with E-state index in [-0.39, 0.29) is 23.5 Å².